The van der Waals surface area contributed by atoms with E-state index in [9.17, 15) is 13.2 Å². The van der Waals surface area contributed by atoms with Crippen LogP contribution in [0.2, 0.25) is 0 Å². The van der Waals surface area contributed by atoms with Gasteiger partial charge < -0.3 is 0 Å². The van der Waals surface area contributed by atoms with Gasteiger partial charge in [0, 0.05) is 11.1 Å². The summed E-state index contributed by atoms with van der Waals surface area (Å²) in [6, 6.07) is 6.36. The van der Waals surface area contributed by atoms with Crippen LogP contribution >= 0.6 is 11.3 Å². The number of nitrogens with zero attached hydrogens (tertiary/aromatic N) is 1. The van der Waals surface area contributed by atoms with Gasteiger partial charge in [-0.2, -0.15) is 13.2 Å². The molecule has 2 rings (SSSR count). The zero-order valence-corrected chi connectivity index (χ0v) is 9.35. The second-order valence-corrected chi connectivity index (χ2v) is 3.71. The molecule has 0 saturated carbocycles. The molecule has 0 aliphatic heterocycles. The first-order chi connectivity index (χ1) is 7.50. The number of alkyl halides is 3. The zero-order chi connectivity index (χ0) is 12.0. The molecule has 0 N–H and O–H groups in total. The summed E-state index contributed by atoms with van der Waals surface area (Å²) >= 11 is 1.63. The first-order valence-electron chi connectivity index (χ1n) is 4.47. The Kier molecular flexibility index (Phi) is 4.49. The Balaban J connectivity index is 0.000000181. The van der Waals surface area contributed by atoms with Crippen LogP contribution in [0.5, 0.6) is 0 Å². The van der Waals surface area contributed by atoms with Crippen LogP contribution in [-0.4, -0.2) is 4.98 Å². The Morgan fingerprint density at radius 1 is 1.12 bits per heavy atom. The second kappa shape index (κ2) is 5.65. The normalized spacial score (nSPS) is 10.5. The number of aromatic nitrogens is 1. The van der Waals surface area contributed by atoms with Crippen LogP contribution in [0.15, 0.2) is 41.2 Å². The van der Waals surface area contributed by atoms with E-state index in [1.54, 1.807) is 17.4 Å². The van der Waals surface area contributed by atoms with E-state index in [1.807, 2.05) is 17.8 Å². The van der Waals surface area contributed by atoms with Crippen molar-refractivity contribution in [1.29, 1.82) is 0 Å². The maximum Gasteiger partial charge on any atom is 0.416 e. The van der Waals surface area contributed by atoms with Crippen molar-refractivity contribution in [2.45, 2.75) is 13.1 Å². The largest absolute Gasteiger partial charge is 0.416 e. The van der Waals surface area contributed by atoms with E-state index in [1.165, 1.54) is 12.1 Å². The monoisotopic (exact) mass is 245 g/mol. The third-order valence-electron chi connectivity index (χ3n) is 1.66. The molecule has 1 aromatic heterocycles. The maximum absolute atomic E-state index is 11.8. The summed E-state index contributed by atoms with van der Waals surface area (Å²) in [6.45, 7) is 1.98. The van der Waals surface area contributed by atoms with Gasteiger partial charge in [0.2, 0.25) is 0 Å². The van der Waals surface area contributed by atoms with Gasteiger partial charge in [-0.1, -0.05) is 30.3 Å². The third-order valence-corrected chi connectivity index (χ3v) is 2.36. The molecule has 86 valence electrons. The number of hydrogen-bond donors (Lipinski definition) is 0. The summed E-state index contributed by atoms with van der Waals surface area (Å²) in [5, 5.41) is 2.01. The predicted molar refractivity (Wildman–Crippen MR) is 58.3 cm³/mol. The molecule has 0 saturated heterocycles. The van der Waals surface area contributed by atoms with E-state index in [4.69, 9.17) is 0 Å². The molecule has 1 aromatic carbocycles. The van der Waals surface area contributed by atoms with Crippen LogP contribution in [0.4, 0.5) is 13.2 Å². The van der Waals surface area contributed by atoms with E-state index < -0.39 is 11.7 Å². The first kappa shape index (κ1) is 12.7. The molecular formula is C11H10F3NS. The van der Waals surface area contributed by atoms with E-state index in [0.717, 1.165) is 17.8 Å². The number of benzene rings is 1. The molecule has 0 atom stereocenters. The van der Waals surface area contributed by atoms with Crippen LogP contribution in [0.25, 0.3) is 0 Å². The molecule has 0 amide bonds. The summed E-state index contributed by atoms with van der Waals surface area (Å²) in [6.07, 6.45) is -4.21. The number of halogens is 3. The van der Waals surface area contributed by atoms with Crippen LogP contribution < -0.4 is 0 Å². The van der Waals surface area contributed by atoms with Crippen LogP contribution in [-0.2, 0) is 6.18 Å². The summed E-state index contributed by atoms with van der Waals surface area (Å²) in [4.78, 5) is 3.94. The van der Waals surface area contributed by atoms with Crippen molar-refractivity contribution in [3.8, 4) is 0 Å². The van der Waals surface area contributed by atoms with Gasteiger partial charge in [0.05, 0.1) is 11.1 Å². The van der Waals surface area contributed by atoms with Gasteiger partial charge in [-0.3, -0.25) is 4.98 Å². The van der Waals surface area contributed by atoms with Crippen molar-refractivity contribution in [2.75, 3.05) is 0 Å². The van der Waals surface area contributed by atoms with Gasteiger partial charge in [0.25, 0.3) is 0 Å². The molecule has 0 unspecified atom stereocenters. The lowest BCUT2D eigenvalue weighted by Crippen LogP contribution is -2.03. The SMILES string of the molecule is Cc1cscn1.FC(F)(F)c1ccccc1. The second-order valence-electron chi connectivity index (χ2n) is 2.99. The van der Waals surface area contributed by atoms with Crippen LogP contribution in [0.1, 0.15) is 11.3 Å². The minimum atomic E-state index is -4.21. The fraction of sp³-hybridized carbons (Fsp3) is 0.182. The van der Waals surface area contributed by atoms with Crippen LogP contribution in [0.3, 0.4) is 0 Å². The van der Waals surface area contributed by atoms with Gasteiger partial charge in [-0.05, 0) is 6.92 Å². The minimum absolute atomic E-state index is 0.602. The summed E-state index contributed by atoms with van der Waals surface area (Å²) in [5.41, 5.74) is 2.34. The highest BCUT2D eigenvalue weighted by molar-refractivity contribution is 7.07. The van der Waals surface area contributed by atoms with E-state index in [-0.39, 0.29) is 0 Å². The van der Waals surface area contributed by atoms with E-state index >= 15 is 0 Å². The lowest BCUT2D eigenvalue weighted by Gasteiger charge is -2.03. The molecule has 1 heterocycles. The lowest BCUT2D eigenvalue weighted by atomic mass is 10.2. The third kappa shape index (κ3) is 4.44. The molecule has 0 spiro atoms. The Morgan fingerprint density at radius 2 is 1.75 bits per heavy atom. The van der Waals surface area contributed by atoms with Crippen LogP contribution in [0, 0.1) is 6.92 Å². The molecule has 0 fully saturated rings. The van der Waals surface area contributed by atoms with Gasteiger partial charge >= 0.3 is 6.18 Å². The Hall–Kier alpha value is -1.36. The summed E-state index contributed by atoms with van der Waals surface area (Å²) in [5.74, 6) is 0. The van der Waals surface area contributed by atoms with Gasteiger partial charge in [0.1, 0.15) is 0 Å². The first-order valence-corrected chi connectivity index (χ1v) is 5.41. The summed E-state index contributed by atoms with van der Waals surface area (Å²) in [7, 11) is 0. The highest BCUT2D eigenvalue weighted by atomic mass is 32.1. The standard InChI is InChI=1S/C7H5F3.C4H5NS/c8-7(9,10)6-4-2-1-3-5-6;1-4-2-6-3-5-4/h1-5H;2-3H,1H3. The van der Waals surface area contributed by atoms with Crippen molar-refractivity contribution in [1.82, 2.24) is 4.98 Å². The Labute approximate surface area is 95.6 Å². The maximum atomic E-state index is 11.8. The van der Waals surface area contributed by atoms with Crippen molar-refractivity contribution < 1.29 is 13.2 Å². The number of rotatable bonds is 0. The molecule has 0 aliphatic carbocycles. The Morgan fingerprint density at radius 3 is 2.00 bits per heavy atom. The van der Waals surface area contributed by atoms with Crippen molar-refractivity contribution >= 4 is 11.3 Å². The number of hydrogen-bond acceptors (Lipinski definition) is 2. The predicted octanol–water partition coefficient (Wildman–Crippen LogP) is 4.16. The van der Waals surface area contributed by atoms with Gasteiger partial charge in [-0.15, -0.1) is 11.3 Å². The van der Waals surface area contributed by atoms with Crippen molar-refractivity contribution in [3.63, 3.8) is 0 Å². The van der Waals surface area contributed by atoms with Gasteiger partial charge in [0.15, 0.2) is 0 Å². The lowest BCUT2D eigenvalue weighted by molar-refractivity contribution is -0.137. The molecule has 0 bridgehead atoms. The molecule has 5 heteroatoms. The zero-order valence-electron chi connectivity index (χ0n) is 8.53. The molecule has 0 radical (unpaired) electrons. The fourth-order valence-electron chi connectivity index (χ4n) is 0.900. The van der Waals surface area contributed by atoms with Crippen molar-refractivity contribution in [2.24, 2.45) is 0 Å². The topological polar surface area (TPSA) is 12.9 Å². The fourth-order valence-corrected chi connectivity index (χ4v) is 1.45. The average Bonchev–Trinajstić information content (AvgIpc) is 2.70. The minimum Gasteiger partial charge on any atom is -0.250 e. The van der Waals surface area contributed by atoms with E-state index in [2.05, 4.69) is 4.98 Å². The molecule has 2 aromatic rings. The smallest absolute Gasteiger partial charge is 0.250 e. The molecule has 1 nitrogen and oxygen atoms in total. The molecule has 16 heavy (non-hydrogen) atoms. The molecular weight excluding hydrogens is 235 g/mol. The molecule has 0 aliphatic rings. The van der Waals surface area contributed by atoms with Crippen molar-refractivity contribution in [3.05, 3.63) is 52.5 Å². The van der Waals surface area contributed by atoms with Gasteiger partial charge in [-0.25, -0.2) is 0 Å². The number of thiazole rings is 1. The van der Waals surface area contributed by atoms with E-state index in [0.29, 0.717) is 0 Å². The quantitative estimate of drug-likeness (QED) is 0.679. The Bertz CT molecular complexity index is 395. The highest BCUT2D eigenvalue weighted by Crippen LogP contribution is 2.28. The average molecular weight is 245 g/mol. The highest BCUT2D eigenvalue weighted by Gasteiger charge is 2.29. The summed E-state index contributed by atoms with van der Waals surface area (Å²) < 4.78 is 35.4. The number of aryl methyl sites for hydroxylation is 1.